The summed E-state index contributed by atoms with van der Waals surface area (Å²) in [5.41, 5.74) is 0. The zero-order valence-electron chi connectivity index (χ0n) is 34.6. The molecule has 55 heavy (non-hydrogen) atoms. The van der Waals surface area contributed by atoms with Crippen molar-refractivity contribution in [2.24, 2.45) is 0 Å². The molecule has 1 amide bonds. The first-order chi connectivity index (χ1) is 27.2. The largest absolute Gasteiger partial charge is 0.394 e. The molecule has 0 heterocycles. The Morgan fingerprint density at radius 3 is 1.11 bits per heavy atom. The molecule has 0 aromatic heterocycles. The second-order valence-corrected chi connectivity index (χ2v) is 13.3. The topological polar surface area (TPSA) is 69.6 Å². The average molecular weight is 752 g/mol. The van der Waals surface area contributed by atoms with Gasteiger partial charge in [0.15, 0.2) is 0 Å². The maximum absolute atomic E-state index is 12.2. The number of rotatable bonds is 35. The first-order valence-corrected chi connectivity index (χ1v) is 21.2. The predicted molar refractivity (Wildman–Crippen MR) is 243 cm³/mol. The highest BCUT2D eigenvalue weighted by molar-refractivity contribution is 5.76. The van der Waals surface area contributed by atoms with Crippen molar-refractivity contribution in [3.05, 3.63) is 158 Å². The summed E-state index contributed by atoms with van der Waals surface area (Å²) in [5.74, 6) is -0.125. The highest BCUT2D eigenvalue weighted by atomic mass is 16.3. The quantitative estimate of drug-likeness (QED) is 0.0446. The van der Waals surface area contributed by atoms with Crippen LogP contribution >= 0.6 is 0 Å². The normalized spacial score (nSPS) is 14.6. The molecule has 2 unspecified atom stereocenters. The van der Waals surface area contributed by atoms with Crippen molar-refractivity contribution >= 4 is 5.91 Å². The number of carbonyl (C=O) groups is 1. The molecule has 0 aromatic rings. The fourth-order valence-corrected chi connectivity index (χ4v) is 5.02. The van der Waals surface area contributed by atoms with E-state index in [1.54, 1.807) is 6.08 Å². The Hall–Kier alpha value is -3.99. The number of aliphatic hydroxyl groups excluding tert-OH is 2. The van der Waals surface area contributed by atoms with Crippen molar-refractivity contribution in [3.8, 4) is 0 Å². The molecule has 0 rings (SSSR count). The van der Waals surface area contributed by atoms with E-state index in [0.717, 1.165) is 116 Å². The van der Waals surface area contributed by atoms with Gasteiger partial charge in [0.25, 0.3) is 0 Å². The number of hydrogen-bond acceptors (Lipinski definition) is 3. The standard InChI is InChI=1S/C51H77NO3/c1-3-5-7-9-10-11-12-13-14-15-16-17-18-19-20-21-22-23-24-25-26-27-28-29-30-31-32-33-34-35-36-37-38-39-40-41-42-43-45-47-51(55)52-49(48-53)50(54)46-44-8-6-4-2/h5,7,10-11,13-14,16-17,19-20,22-23,25-26,28-29,31-32,34-35,37-38,40-41,44,46,49-50,53-54H,3-4,6,8-9,12,15,18,21,24,27,30,33,36,39,42-43,45,47-48H2,1-2H3,(H,52,55)/b7-5-,11-10-,14-13-,17-16-,20-19-,23-22-,26-25-,29-28-,32-31-,35-34-,38-37-,41-40-,46-44+. The van der Waals surface area contributed by atoms with Gasteiger partial charge in [-0.3, -0.25) is 4.79 Å². The Morgan fingerprint density at radius 1 is 0.455 bits per heavy atom. The van der Waals surface area contributed by atoms with Gasteiger partial charge < -0.3 is 15.5 Å². The van der Waals surface area contributed by atoms with Crippen LogP contribution < -0.4 is 5.32 Å². The molecule has 0 fully saturated rings. The van der Waals surface area contributed by atoms with Crippen molar-refractivity contribution in [1.82, 2.24) is 5.32 Å². The molecule has 0 saturated carbocycles. The lowest BCUT2D eigenvalue weighted by molar-refractivity contribution is -0.123. The third-order valence-corrected chi connectivity index (χ3v) is 8.27. The Labute approximate surface area is 337 Å². The van der Waals surface area contributed by atoms with Gasteiger partial charge in [-0.15, -0.1) is 0 Å². The molecular formula is C51H77NO3. The molecule has 0 saturated heterocycles. The number of nitrogens with one attached hydrogen (secondary N) is 1. The summed E-state index contributed by atoms with van der Waals surface area (Å²) in [7, 11) is 0. The second-order valence-electron chi connectivity index (χ2n) is 13.3. The van der Waals surface area contributed by atoms with Gasteiger partial charge in [-0.25, -0.2) is 0 Å². The predicted octanol–water partition coefficient (Wildman–Crippen LogP) is 13.5. The summed E-state index contributed by atoms with van der Waals surface area (Å²) in [4.78, 5) is 12.2. The van der Waals surface area contributed by atoms with Gasteiger partial charge >= 0.3 is 0 Å². The molecule has 0 spiro atoms. The van der Waals surface area contributed by atoms with Crippen LogP contribution in [0, 0.1) is 0 Å². The number of allylic oxidation sites excluding steroid dienone is 25. The number of amides is 1. The zero-order chi connectivity index (χ0) is 40.0. The zero-order valence-corrected chi connectivity index (χ0v) is 34.6. The lowest BCUT2D eigenvalue weighted by Gasteiger charge is -2.19. The molecule has 0 aliphatic rings. The number of carbonyl (C=O) groups excluding carboxylic acids is 1. The highest BCUT2D eigenvalue weighted by Gasteiger charge is 2.17. The van der Waals surface area contributed by atoms with Gasteiger partial charge in [-0.05, 0) is 103 Å². The molecule has 0 radical (unpaired) electrons. The summed E-state index contributed by atoms with van der Waals surface area (Å²) in [6, 6.07) is -0.652. The molecule has 2 atom stereocenters. The molecule has 0 bridgehead atoms. The average Bonchev–Trinajstić information content (AvgIpc) is 3.19. The van der Waals surface area contributed by atoms with Crippen molar-refractivity contribution < 1.29 is 15.0 Å². The van der Waals surface area contributed by atoms with Gasteiger partial charge in [-0.2, -0.15) is 0 Å². The summed E-state index contributed by atoms with van der Waals surface area (Å²) < 4.78 is 0. The van der Waals surface area contributed by atoms with E-state index in [9.17, 15) is 15.0 Å². The molecular weight excluding hydrogens is 675 g/mol. The number of unbranched alkanes of at least 4 members (excludes halogenated alkanes) is 4. The van der Waals surface area contributed by atoms with Gasteiger partial charge in [0.2, 0.25) is 5.91 Å². The van der Waals surface area contributed by atoms with Crippen LogP contribution in [0.1, 0.15) is 136 Å². The molecule has 4 heteroatoms. The van der Waals surface area contributed by atoms with E-state index in [0.29, 0.717) is 6.42 Å². The Balaban J connectivity index is 3.74. The third-order valence-electron chi connectivity index (χ3n) is 8.27. The summed E-state index contributed by atoms with van der Waals surface area (Å²) in [6.07, 6.45) is 74.0. The second kappa shape index (κ2) is 44.4. The van der Waals surface area contributed by atoms with E-state index < -0.39 is 12.1 Å². The van der Waals surface area contributed by atoms with Crippen LogP contribution in [0.2, 0.25) is 0 Å². The van der Waals surface area contributed by atoms with Crippen molar-refractivity contribution in [3.63, 3.8) is 0 Å². The molecule has 0 aromatic carbocycles. The minimum absolute atomic E-state index is 0.125. The van der Waals surface area contributed by atoms with Crippen molar-refractivity contribution in [2.75, 3.05) is 6.61 Å². The van der Waals surface area contributed by atoms with E-state index in [1.165, 1.54) is 0 Å². The van der Waals surface area contributed by atoms with Gasteiger partial charge in [0, 0.05) is 6.42 Å². The van der Waals surface area contributed by atoms with Crippen LogP contribution in [0.5, 0.6) is 0 Å². The number of hydrogen-bond donors (Lipinski definition) is 3. The lowest BCUT2D eigenvalue weighted by Crippen LogP contribution is -2.45. The summed E-state index contributed by atoms with van der Waals surface area (Å²) in [5, 5.41) is 22.4. The Kier molecular flexibility index (Phi) is 41.2. The molecule has 3 N–H and O–H groups in total. The smallest absolute Gasteiger partial charge is 0.220 e. The minimum atomic E-state index is -0.864. The van der Waals surface area contributed by atoms with E-state index in [1.807, 2.05) is 6.08 Å². The Morgan fingerprint density at radius 2 is 0.782 bits per heavy atom. The fraction of sp³-hybridized carbons (Fsp3) is 0.471. The minimum Gasteiger partial charge on any atom is -0.394 e. The molecule has 0 aliphatic carbocycles. The molecule has 0 aliphatic heterocycles. The highest BCUT2D eigenvalue weighted by Crippen LogP contribution is 2.05. The van der Waals surface area contributed by atoms with E-state index in [-0.39, 0.29) is 12.5 Å². The van der Waals surface area contributed by atoms with E-state index >= 15 is 0 Å². The maximum atomic E-state index is 12.2. The van der Waals surface area contributed by atoms with E-state index in [2.05, 4.69) is 165 Å². The van der Waals surface area contributed by atoms with Crippen LogP contribution in [0.15, 0.2) is 158 Å². The SMILES string of the molecule is CC/C=C\C/C=C\C/C=C\C/C=C\C/C=C\C/C=C\C/C=C\C/C=C\C/C=C\C/C=C\C/C=C\C/C=C\CCCCC(=O)NC(CO)C(O)/C=C/CCCC. The van der Waals surface area contributed by atoms with Crippen LogP contribution in [0.3, 0.4) is 0 Å². The van der Waals surface area contributed by atoms with Crippen LogP contribution in [-0.2, 0) is 4.79 Å². The van der Waals surface area contributed by atoms with Gasteiger partial charge in [-0.1, -0.05) is 185 Å². The van der Waals surface area contributed by atoms with Crippen LogP contribution in [0.25, 0.3) is 0 Å². The third kappa shape index (κ3) is 41.0. The van der Waals surface area contributed by atoms with Gasteiger partial charge in [0.1, 0.15) is 0 Å². The molecule has 304 valence electrons. The van der Waals surface area contributed by atoms with Gasteiger partial charge in [0.05, 0.1) is 18.8 Å². The van der Waals surface area contributed by atoms with Crippen LogP contribution in [-0.4, -0.2) is 34.9 Å². The van der Waals surface area contributed by atoms with Crippen LogP contribution in [0.4, 0.5) is 0 Å². The maximum Gasteiger partial charge on any atom is 0.220 e. The summed E-state index contributed by atoms with van der Waals surface area (Å²) >= 11 is 0. The van der Waals surface area contributed by atoms with Crippen molar-refractivity contribution in [1.29, 1.82) is 0 Å². The molecule has 4 nitrogen and oxygen atoms in total. The van der Waals surface area contributed by atoms with E-state index in [4.69, 9.17) is 0 Å². The first kappa shape index (κ1) is 51.0. The lowest BCUT2D eigenvalue weighted by atomic mass is 10.1. The van der Waals surface area contributed by atoms with Crippen molar-refractivity contribution in [2.45, 2.75) is 148 Å². The Bertz CT molecular complexity index is 1260. The number of aliphatic hydroxyl groups is 2. The summed E-state index contributed by atoms with van der Waals surface area (Å²) in [6.45, 7) is 4.00. The first-order valence-electron chi connectivity index (χ1n) is 21.2. The fourth-order valence-electron chi connectivity index (χ4n) is 5.02. The monoisotopic (exact) mass is 752 g/mol.